The number of hydrogen-bond acceptors (Lipinski definition) is 6. The first-order valence-electron chi connectivity index (χ1n) is 9.34. The minimum Gasteiger partial charge on any atom is -0.468 e. The van der Waals surface area contributed by atoms with Gasteiger partial charge in [-0.15, -0.1) is 11.3 Å². The quantitative estimate of drug-likeness (QED) is 0.322. The van der Waals surface area contributed by atoms with Crippen LogP contribution in [-0.2, 0) is 22.4 Å². The van der Waals surface area contributed by atoms with E-state index in [1.165, 1.54) is 29.3 Å². The lowest BCUT2D eigenvalue weighted by molar-refractivity contribution is -0.137. The summed E-state index contributed by atoms with van der Waals surface area (Å²) in [7, 11) is 1.36. The molecular weight excluding hydrogens is 392 g/mol. The lowest BCUT2D eigenvalue weighted by atomic mass is 10.1. The average molecular weight is 417 g/mol. The molecule has 7 heteroatoms. The van der Waals surface area contributed by atoms with Crippen LogP contribution in [0.3, 0.4) is 0 Å². The van der Waals surface area contributed by atoms with Gasteiger partial charge in [0.15, 0.2) is 5.16 Å². The molecule has 0 atom stereocenters. The summed E-state index contributed by atoms with van der Waals surface area (Å²) in [5, 5.41) is 1.19. The van der Waals surface area contributed by atoms with E-state index in [1.807, 2.05) is 31.2 Å². The maximum Gasteiger partial charge on any atom is 0.316 e. The zero-order valence-electron chi connectivity index (χ0n) is 16.6. The molecule has 0 spiro atoms. The van der Waals surface area contributed by atoms with E-state index < -0.39 is 0 Å². The number of benzene rings is 1. The first-order chi connectivity index (χ1) is 13.5. The zero-order chi connectivity index (χ0) is 20.3. The van der Waals surface area contributed by atoms with Gasteiger partial charge in [-0.05, 0) is 43.0 Å². The second-order valence-corrected chi connectivity index (χ2v) is 8.53. The molecule has 3 rings (SSSR count). The van der Waals surface area contributed by atoms with Crippen molar-refractivity contribution in [3.05, 3.63) is 50.6 Å². The minimum absolute atomic E-state index is 0.0854. The van der Waals surface area contributed by atoms with Crippen molar-refractivity contribution in [2.24, 2.45) is 0 Å². The highest BCUT2D eigenvalue weighted by Crippen LogP contribution is 2.31. The van der Waals surface area contributed by atoms with E-state index in [0.29, 0.717) is 10.5 Å². The molecule has 0 amide bonds. The molecule has 0 radical (unpaired) electrons. The number of hydrogen-bond donors (Lipinski definition) is 0. The summed E-state index contributed by atoms with van der Waals surface area (Å²) in [6.45, 7) is 6.22. The Morgan fingerprint density at radius 1 is 1.25 bits per heavy atom. The number of esters is 1. The molecule has 0 bridgehead atoms. The Labute approximate surface area is 172 Å². The molecule has 0 aliphatic carbocycles. The van der Waals surface area contributed by atoms with E-state index in [2.05, 4.69) is 13.8 Å². The normalized spacial score (nSPS) is 11.1. The summed E-state index contributed by atoms with van der Waals surface area (Å²) in [5.74, 6) is -0.241. The second-order valence-electron chi connectivity index (χ2n) is 6.50. The number of nitrogens with zero attached hydrogens (tertiary/aromatic N) is 2. The van der Waals surface area contributed by atoms with Crippen LogP contribution in [0.5, 0.6) is 0 Å². The number of carbonyl (C=O) groups excluding carboxylic acids is 1. The predicted molar refractivity (Wildman–Crippen MR) is 116 cm³/mol. The number of fused-ring (bicyclic) bond motifs is 1. The Morgan fingerprint density at radius 3 is 2.57 bits per heavy atom. The van der Waals surface area contributed by atoms with Gasteiger partial charge < -0.3 is 4.74 Å². The fraction of sp³-hybridized carbons (Fsp3) is 0.381. The first kappa shape index (κ1) is 20.6. The van der Waals surface area contributed by atoms with Crippen molar-refractivity contribution < 1.29 is 9.53 Å². The van der Waals surface area contributed by atoms with Crippen molar-refractivity contribution in [1.82, 2.24) is 9.55 Å². The van der Waals surface area contributed by atoms with E-state index in [1.54, 1.807) is 15.9 Å². The number of rotatable bonds is 7. The van der Waals surface area contributed by atoms with Gasteiger partial charge in [0.1, 0.15) is 4.83 Å². The smallest absolute Gasteiger partial charge is 0.316 e. The molecule has 0 N–H and O–H groups in total. The molecule has 28 heavy (non-hydrogen) atoms. The van der Waals surface area contributed by atoms with E-state index in [9.17, 15) is 9.59 Å². The van der Waals surface area contributed by atoms with Crippen LogP contribution in [0.2, 0.25) is 0 Å². The van der Waals surface area contributed by atoms with Crippen LogP contribution in [0, 0.1) is 6.92 Å². The Hall–Kier alpha value is -2.12. The van der Waals surface area contributed by atoms with Gasteiger partial charge in [-0.1, -0.05) is 44.2 Å². The van der Waals surface area contributed by atoms with Gasteiger partial charge >= 0.3 is 5.97 Å². The molecule has 2 aromatic heterocycles. The van der Waals surface area contributed by atoms with E-state index in [-0.39, 0.29) is 17.3 Å². The highest BCUT2D eigenvalue weighted by atomic mass is 32.2. The Bertz CT molecular complexity index is 1050. The number of ether oxygens (including phenoxy) is 1. The maximum absolute atomic E-state index is 13.5. The number of carbonyl (C=O) groups is 1. The molecule has 0 fully saturated rings. The number of methoxy groups -OCH3 is 1. The van der Waals surface area contributed by atoms with Crippen LogP contribution in [0.4, 0.5) is 0 Å². The summed E-state index contributed by atoms with van der Waals surface area (Å²) in [5.41, 5.74) is 2.89. The Balaban J connectivity index is 2.21. The molecule has 0 aliphatic rings. The average Bonchev–Trinajstić information content (AvgIpc) is 3.02. The molecule has 148 valence electrons. The molecule has 2 heterocycles. The molecule has 1 aromatic carbocycles. The molecule has 0 saturated carbocycles. The summed E-state index contributed by atoms with van der Waals surface area (Å²) < 4.78 is 6.36. The highest BCUT2D eigenvalue weighted by molar-refractivity contribution is 7.99. The highest BCUT2D eigenvalue weighted by Gasteiger charge is 2.19. The monoisotopic (exact) mass is 416 g/mol. The van der Waals surface area contributed by atoms with Crippen molar-refractivity contribution in [3.8, 4) is 5.69 Å². The molecule has 3 aromatic rings. The van der Waals surface area contributed by atoms with Gasteiger partial charge in [0.25, 0.3) is 5.56 Å². The van der Waals surface area contributed by atoms with Gasteiger partial charge in [-0.2, -0.15) is 0 Å². The van der Waals surface area contributed by atoms with Crippen molar-refractivity contribution in [2.75, 3.05) is 12.9 Å². The number of aryl methyl sites for hydroxylation is 3. The lowest BCUT2D eigenvalue weighted by Gasteiger charge is -2.12. The molecule has 5 nitrogen and oxygen atoms in total. The van der Waals surface area contributed by atoms with Gasteiger partial charge in [0.05, 0.1) is 23.9 Å². The van der Waals surface area contributed by atoms with Crippen molar-refractivity contribution in [1.29, 1.82) is 0 Å². The van der Waals surface area contributed by atoms with Gasteiger partial charge in [0.2, 0.25) is 0 Å². The standard InChI is InChI=1S/C21H24N2O3S2/c1-5-7-16-13(3)18-19(28-16)22-21(27-12-17(24)26-4)23(20(18)25)15-10-8-14(6-2)9-11-15/h8-11H,5-7,12H2,1-4H3. The maximum atomic E-state index is 13.5. The van der Waals surface area contributed by atoms with Crippen LogP contribution in [0.1, 0.15) is 36.3 Å². The third-order valence-corrected chi connectivity index (χ3v) is 6.82. The molecule has 0 saturated heterocycles. The van der Waals surface area contributed by atoms with Crippen LogP contribution in [-0.4, -0.2) is 28.4 Å². The van der Waals surface area contributed by atoms with Crippen molar-refractivity contribution in [3.63, 3.8) is 0 Å². The van der Waals surface area contributed by atoms with Crippen molar-refractivity contribution in [2.45, 2.75) is 45.2 Å². The third kappa shape index (κ3) is 4.00. The minimum atomic E-state index is -0.346. The van der Waals surface area contributed by atoms with E-state index >= 15 is 0 Å². The molecule has 0 unspecified atom stereocenters. The third-order valence-electron chi connectivity index (χ3n) is 4.66. The second kappa shape index (κ2) is 8.92. The Morgan fingerprint density at radius 2 is 1.96 bits per heavy atom. The van der Waals surface area contributed by atoms with Gasteiger partial charge in [-0.3, -0.25) is 14.2 Å². The van der Waals surface area contributed by atoms with Crippen LogP contribution in [0.25, 0.3) is 15.9 Å². The summed E-state index contributed by atoms with van der Waals surface area (Å²) in [4.78, 5) is 31.8. The molecular formula is C21H24N2O3S2. The van der Waals surface area contributed by atoms with Crippen molar-refractivity contribution >= 4 is 39.3 Å². The van der Waals surface area contributed by atoms with Gasteiger partial charge in [0, 0.05) is 4.88 Å². The SMILES string of the molecule is CCCc1sc2nc(SCC(=O)OC)n(-c3ccc(CC)cc3)c(=O)c2c1C. The van der Waals surface area contributed by atoms with E-state index in [0.717, 1.165) is 35.3 Å². The summed E-state index contributed by atoms with van der Waals surface area (Å²) in [6.07, 6.45) is 2.88. The largest absolute Gasteiger partial charge is 0.468 e. The van der Waals surface area contributed by atoms with Crippen LogP contribution >= 0.6 is 23.1 Å². The zero-order valence-corrected chi connectivity index (χ0v) is 18.2. The number of aromatic nitrogens is 2. The number of thiophene rings is 1. The topological polar surface area (TPSA) is 61.2 Å². The van der Waals surface area contributed by atoms with Gasteiger partial charge in [-0.25, -0.2) is 4.98 Å². The fourth-order valence-corrected chi connectivity index (χ4v) is 5.23. The fourth-order valence-electron chi connectivity index (χ4n) is 3.06. The number of thioether (sulfide) groups is 1. The predicted octanol–water partition coefficient (Wildman–Crippen LogP) is 4.54. The summed E-state index contributed by atoms with van der Waals surface area (Å²) >= 11 is 2.80. The first-order valence-corrected chi connectivity index (χ1v) is 11.1. The van der Waals surface area contributed by atoms with Crippen LogP contribution < -0.4 is 5.56 Å². The molecule has 0 aliphatic heterocycles. The van der Waals surface area contributed by atoms with Crippen LogP contribution in [0.15, 0.2) is 34.2 Å². The Kier molecular flexibility index (Phi) is 6.57. The van der Waals surface area contributed by atoms with E-state index in [4.69, 9.17) is 9.72 Å². The lowest BCUT2D eigenvalue weighted by Crippen LogP contribution is -2.22. The summed E-state index contributed by atoms with van der Waals surface area (Å²) in [6, 6.07) is 7.91.